The summed E-state index contributed by atoms with van der Waals surface area (Å²) in [6, 6.07) is 0. The van der Waals surface area contributed by atoms with Crippen LogP contribution in [0.15, 0.2) is 0 Å². The summed E-state index contributed by atoms with van der Waals surface area (Å²) in [5.74, 6) is 0. The van der Waals surface area contributed by atoms with Gasteiger partial charge >= 0.3 is 8.25 Å². The van der Waals surface area contributed by atoms with Crippen molar-refractivity contribution in [1.82, 2.24) is 0 Å². The van der Waals surface area contributed by atoms with Crippen molar-refractivity contribution >= 4 is 26.3 Å². The molecular formula is C12H30O3PSi2+. The quantitative estimate of drug-likeness (QED) is 0.479. The Labute approximate surface area is 117 Å². The molecule has 0 radical (unpaired) electrons. The SMILES string of the molecule is CC(C)[SiH](O[P+](=O)O[SiH](C(C)C)C(C)C)C(C)C. The average Bonchev–Trinajstić information content (AvgIpc) is 2.20. The second kappa shape index (κ2) is 8.59. The minimum atomic E-state index is -1.92. The molecule has 0 aliphatic heterocycles. The molecular weight excluding hydrogens is 279 g/mol. The molecule has 0 heterocycles. The molecule has 0 spiro atoms. The molecule has 0 N–H and O–H groups in total. The van der Waals surface area contributed by atoms with Gasteiger partial charge in [0.25, 0.3) is 18.1 Å². The summed E-state index contributed by atoms with van der Waals surface area (Å²) in [6.07, 6.45) is 0. The highest BCUT2D eigenvalue weighted by molar-refractivity contribution is 7.37. The zero-order valence-electron chi connectivity index (χ0n) is 13.1. The van der Waals surface area contributed by atoms with Gasteiger partial charge < -0.3 is 0 Å². The Kier molecular flexibility index (Phi) is 8.81. The Hall–Kier alpha value is 0.454. The van der Waals surface area contributed by atoms with Crippen LogP contribution in [0.3, 0.4) is 0 Å². The van der Waals surface area contributed by atoms with Gasteiger partial charge in [-0.15, -0.1) is 0 Å². The van der Waals surface area contributed by atoms with Gasteiger partial charge in [-0.25, -0.2) is 0 Å². The molecule has 6 heteroatoms. The maximum atomic E-state index is 12.1. The molecule has 0 aromatic rings. The standard InChI is InChI=1S/C12H30O3PSi2/c1-9(2)17(10(3)4)14-16(13)15-18(11(5)6)12(7)8/h9-12,17-18H,1-8H3/q+1. The van der Waals surface area contributed by atoms with Gasteiger partial charge in [-0.1, -0.05) is 55.4 Å². The Bertz CT molecular complexity index is 218. The highest BCUT2D eigenvalue weighted by Gasteiger charge is 2.38. The zero-order chi connectivity index (χ0) is 14.5. The van der Waals surface area contributed by atoms with Crippen molar-refractivity contribution in [3.63, 3.8) is 0 Å². The highest BCUT2D eigenvalue weighted by Crippen LogP contribution is 2.37. The lowest BCUT2D eigenvalue weighted by Crippen LogP contribution is -2.26. The molecule has 0 amide bonds. The largest absolute Gasteiger partial charge is 0.672 e. The second-order valence-electron chi connectivity index (χ2n) is 6.34. The van der Waals surface area contributed by atoms with Crippen molar-refractivity contribution in [1.29, 1.82) is 0 Å². The van der Waals surface area contributed by atoms with Crippen LogP contribution >= 0.6 is 8.25 Å². The molecule has 18 heavy (non-hydrogen) atoms. The van der Waals surface area contributed by atoms with Gasteiger partial charge in [0.1, 0.15) is 0 Å². The third-order valence-electron chi connectivity index (χ3n) is 3.04. The molecule has 0 bridgehead atoms. The first kappa shape index (κ1) is 18.5. The topological polar surface area (TPSA) is 35.5 Å². The Morgan fingerprint density at radius 3 is 1.06 bits per heavy atom. The number of hydrogen-bond acceptors (Lipinski definition) is 3. The van der Waals surface area contributed by atoms with Crippen LogP contribution in [0.1, 0.15) is 55.4 Å². The van der Waals surface area contributed by atoms with E-state index in [-0.39, 0.29) is 0 Å². The monoisotopic (exact) mass is 309 g/mol. The van der Waals surface area contributed by atoms with Gasteiger partial charge in [-0.3, -0.25) is 0 Å². The van der Waals surface area contributed by atoms with Crippen molar-refractivity contribution in [2.24, 2.45) is 0 Å². The van der Waals surface area contributed by atoms with Gasteiger partial charge in [0.15, 0.2) is 0 Å². The van der Waals surface area contributed by atoms with Crippen LogP contribution in [0.4, 0.5) is 0 Å². The Balaban J connectivity index is 4.48. The molecule has 0 saturated heterocycles. The fraction of sp³-hybridized carbons (Fsp3) is 1.00. The fourth-order valence-electron chi connectivity index (χ4n) is 2.25. The summed E-state index contributed by atoms with van der Waals surface area (Å²) >= 11 is 0. The van der Waals surface area contributed by atoms with Crippen molar-refractivity contribution < 1.29 is 13.0 Å². The summed E-state index contributed by atoms with van der Waals surface area (Å²) in [5, 5.41) is 0. The van der Waals surface area contributed by atoms with Crippen molar-refractivity contribution in [2.75, 3.05) is 0 Å². The molecule has 108 valence electrons. The maximum absolute atomic E-state index is 12.1. The second-order valence-corrected chi connectivity index (χ2v) is 15.7. The van der Waals surface area contributed by atoms with E-state index in [2.05, 4.69) is 55.4 Å². The summed E-state index contributed by atoms with van der Waals surface area (Å²) in [7, 11) is -4.81. The van der Waals surface area contributed by atoms with Gasteiger partial charge in [0.2, 0.25) is 0 Å². The van der Waals surface area contributed by atoms with E-state index in [0.29, 0.717) is 22.2 Å². The molecule has 0 aliphatic carbocycles. The molecule has 0 saturated carbocycles. The van der Waals surface area contributed by atoms with Crippen molar-refractivity contribution in [2.45, 2.75) is 77.6 Å². The molecule has 0 rings (SSSR count). The van der Waals surface area contributed by atoms with Crippen LogP contribution in [-0.4, -0.2) is 18.1 Å². The Morgan fingerprint density at radius 2 is 0.889 bits per heavy atom. The summed E-state index contributed by atoms with van der Waals surface area (Å²) < 4.78 is 23.6. The lowest BCUT2D eigenvalue weighted by molar-refractivity contribution is 0.405. The first-order chi connectivity index (χ1) is 8.16. The average molecular weight is 310 g/mol. The third-order valence-corrected chi connectivity index (χ3v) is 11.6. The van der Waals surface area contributed by atoms with Gasteiger partial charge in [0.05, 0.1) is 0 Å². The number of rotatable bonds is 8. The van der Waals surface area contributed by atoms with Crippen LogP contribution in [-0.2, 0) is 13.0 Å². The summed E-state index contributed by atoms with van der Waals surface area (Å²) in [4.78, 5) is 0. The van der Waals surface area contributed by atoms with E-state index in [1.807, 2.05) is 0 Å². The molecule has 3 nitrogen and oxygen atoms in total. The lowest BCUT2D eigenvalue weighted by atomic mass is 10.5. The highest BCUT2D eigenvalue weighted by atomic mass is 31.1. The van der Waals surface area contributed by atoms with E-state index in [4.69, 9.17) is 8.43 Å². The van der Waals surface area contributed by atoms with E-state index in [1.54, 1.807) is 0 Å². The van der Waals surface area contributed by atoms with E-state index >= 15 is 0 Å². The predicted octanol–water partition coefficient (Wildman–Crippen LogP) is 4.76. The van der Waals surface area contributed by atoms with Crippen LogP contribution in [0.5, 0.6) is 0 Å². The fourth-order valence-corrected chi connectivity index (χ4v) is 11.5. The van der Waals surface area contributed by atoms with Gasteiger partial charge in [-0.2, -0.15) is 8.43 Å². The first-order valence-electron chi connectivity index (χ1n) is 6.97. The molecule has 0 atom stereocenters. The van der Waals surface area contributed by atoms with Crippen LogP contribution < -0.4 is 0 Å². The van der Waals surface area contributed by atoms with E-state index in [9.17, 15) is 4.57 Å². The molecule has 0 fully saturated rings. The van der Waals surface area contributed by atoms with Gasteiger partial charge in [0, 0.05) is 4.57 Å². The van der Waals surface area contributed by atoms with E-state index < -0.39 is 26.3 Å². The zero-order valence-corrected chi connectivity index (χ0v) is 16.3. The molecule has 0 unspecified atom stereocenters. The number of hydrogen-bond donors (Lipinski definition) is 0. The van der Waals surface area contributed by atoms with E-state index in [1.165, 1.54) is 0 Å². The van der Waals surface area contributed by atoms with Crippen molar-refractivity contribution in [3.05, 3.63) is 0 Å². The Morgan fingerprint density at radius 1 is 0.667 bits per heavy atom. The minimum absolute atomic E-state index is 0.491. The lowest BCUT2D eigenvalue weighted by Gasteiger charge is -2.18. The first-order valence-corrected chi connectivity index (χ1v) is 11.7. The van der Waals surface area contributed by atoms with Gasteiger partial charge in [-0.05, 0) is 22.2 Å². The molecule has 0 aromatic carbocycles. The van der Waals surface area contributed by atoms with Crippen LogP contribution in [0.25, 0.3) is 0 Å². The predicted molar refractivity (Wildman–Crippen MR) is 84.5 cm³/mol. The smallest absolute Gasteiger partial charge is 0.179 e. The minimum Gasteiger partial charge on any atom is -0.179 e. The normalized spacial score (nSPS) is 12.8. The summed E-state index contributed by atoms with van der Waals surface area (Å²) in [6.45, 7) is 17.2. The maximum Gasteiger partial charge on any atom is 0.672 e. The summed E-state index contributed by atoms with van der Waals surface area (Å²) in [5.41, 5.74) is 1.97. The third kappa shape index (κ3) is 6.57. The van der Waals surface area contributed by atoms with Crippen molar-refractivity contribution in [3.8, 4) is 0 Å². The van der Waals surface area contributed by atoms with Crippen LogP contribution in [0.2, 0.25) is 22.2 Å². The molecule has 0 aliphatic rings. The molecule has 0 aromatic heterocycles. The van der Waals surface area contributed by atoms with Crippen LogP contribution in [0, 0.1) is 0 Å². The van der Waals surface area contributed by atoms with E-state index in [0.717, 1.165) is 0 Å².